The number of ether oxygens (including phenoxy) is 2. The number of oxazole rings is 2. The van der Waals surface area contributed by atoms with E-state index in [0.29, 0.717) is 23.3 Å². The SMILES string of the molecule is COC(=O)NC(C(=O)NC(c1ncc(-c2ccc(-c3ccc(-c4cnc(C(NC(=O)[C@H](NC(=O)OC)C(C)C)C(C)C)o4)cc3)cc2)o1)C(C)C)C(C)C. The van der Waals surface area contributed by atoms with Crippen molar-refractivity contribution in [2.45, 2.75) is 79.6 Å². The van der Waals surface area contributed by atoms with Gasteiger partial charge in [-0.15, -0.1) is 0 Å². The van der Waals surface area contributed by atoms with Gasteiger partial charge in [0.2, 0.25) is 23.6 Å². The number of hydrogen-bond acceptors (Lipinski definition) is 10. The van der Waals surface area contributed by atoms with Crippen LogP contribution in [0.3, 0.4) is 0 Å². The van der Waals surface area contributed by atoms with Gasteiger partial charge >= 0.3 is 12.2 Å². The van der Waals surface area contributed by atoms with Crippen LogP contribution in [-0.2, 0) is 19.1 Å². The maximum absolute atomic E-state index is 13.1. The van der Waals surface area contributed by atoms with Crippen molar-refractivity contribution in [1.82, 2.24) is 31.2 Å². The number of rotatable bonds is 15. The Kier molecular flexibility index (Phi) is 14.0. The molecule has 2 aromatic carbocycles. The highest BCUT2D eigenvalue weighted by molar-refractivity contribution is 5.87. The van der Waals surface area contributed by atoms with Crippen LogP contribution in [0.15, 0.2) is 69.8 Å². The summed E-state index contributed by atoms with van der Waals surface area (Å²) >= 11 is 0. The van der Waals surface area contributed by atoms with Crippen LogP contribution < -0.4 is 21.3 Å². The Labute approximate surface area is 316 Å². The number of nitrogens with one attached hydrogen (secondary N) is 4. The molecule has 14 nitrogen and oxygen atoms in total. The molecule has 0 bridgehead atoms. The summed E-state index contributed by atoms with van der Waals surface area (Å²) in [5, 5.41) is 11.1. The normalized spacial score (nSPS) is 13.7. The third-order valence-corrected chi connectivity index (χ3v) is 9.00. The van der Waals surface area contributed by atoms with Crippen molar-refractivity contribution in [2.24, 2.45) is 23.7 Å². The van der Waals surface area contributed by atoms with Crippen molar-refractivity contribution in [2.75, 3.05) is 14.2 Å². The molecular formula is C40H52N6O8. The molecule has 2 heterocycles. The number of carbonyl (C=O) groups is 4. The summed E-state index contributed by atoms with van der Waals surface area (Å²) in [6.45, 7) is 15.2. The molecule has 4 rings (SSSR count). The Hall–Kier alpha value is -5.66. The zero-order chi connectivity index (χ0) is 39.7. The van der Waals surface area contributed by atoms with Gasteiger partial charge in [-0.05, 0) is 34.8 Å². The maximum atomic E-state index is 13.1. The second-order valence-electron chi connectivity index (χ2n) is 14.5. The highest BCUT2D eigenvalue weighted by atomic mass is 16.5. The van der Waals surface area contributed by atoms with Gasteiger partial charge in [-0.3, -0.25) is 9.59 Å². The number of alkyl carbamates (subject to hydrolysis) is 2. The van der Waals surface area contributed by atoms with E-state index in [1.54, 1.807) is 12.4 Å². The molecule has 0 saturated carbocycles. The lowest BCUT2D eigenvalue weighted by molar-refractivity contribution is -0.126. The van der Waals surface area contributed by atoms with Crippen LogP contribution in [-0.4, -0.2) is 60.3 Å². The molecule has 0 fully saturated rings. The highest BCUT2D eigenvalue weighted by Gasteiger charge is 2.32. The summed E-state index contributed by atoms with van der Waals surface area (Å²) in [5.74, 6) is 0.678. The second kappa shape index (κ2) is 18.4. The number of amides is 4. The van der Waals surface area contributed by atoms with E-state index >= 15 is 0 Å². The van der Waals surface area contributed by atoms with Crippen LogP contribution in [0.2, 0.25) is 0 Å². The zero-order valence-electron chi connectivity index (χ0n) is 32.6. The Balaban J connectivity index is 1.45. The monoisotopic (exact) mass is 744 g/mol. The quantitative estimate of drug-likeness (QED) is 0.0982. The molecule has 4 aromatic rings. The first-order valence-electron chi connectivity index (χ1n) is 18.1. The van der Waals surface area contributed by atoms with Crippen LogP contribution in [0.1, 0.15) is 79.3 Å². The third kappa shape index (κ3) is 10.3. The number of carbonyl (C=O) groups excluding carboxylic acids is 4. The second-order valence-corrected chi connectivity index (χ2v) is 14.5. The lowest BCUT2D eigenvalue weighted by Crippen LogP contribution is -2.51. The minimum absolute atomic E-state index is 0.0443. The number of hydrogen-bond donors (Lipinski definition) is 4. The van der Waals surface area contributed by atoms with Gasteiger partial charge in [-0.1, -0.05) is 104 Å². The van der Waals surface area contributed by atoms with E-state index in [2.05, 4.69) is 40.7 Å². The van der Waals surface area contributed by atoms with Gasteiger partial charge in [-0.2, -0.15) is 0 Å². The van der Waals surface area contributed by atoms with Gasteiger partial charge < -0.3 is 39.6 Å². The van der Waals surface area contributed by atoms with Crippen molar-refractivity contribution >= 4 is 24.0 Å². The van der Waals surface area contributed by atoms with E-state index in [0.717, 1.165) is 22.3 Å². The average molecular weight is 745 g/mol. The summed E-state index contributed by atoms with van der Waals surface area (Å²) in [5.41, 5.74) is 3.60. The first kappa shape index (κ1) is 41.1. The molecule has 4 amide bonds. The Bertz CT molecular complexity index is 1730. The van der Waals surface area contributed by atoms with E-state index < -0.39 is 36.4 Å². The molecule has 0 aliphatic rings. The van der Waals surface area contributed by atoms with Gasteiger partial charge in [0.15, 0.2) is 11.5 Å². The fourth-order valence-corrected chi connectivity index (χ4v) is 5.74. The molecule has 2 aromatic heterocycles. The van der Waals surface area contributed by atoms with E-state index in [-0.39, 0.29) is 35.5 Å². The molecule has 3 unspecified atom stereocenters. The standard InChI is InChI=1S/C40H52N6O8/c1-21(2)31(45-39(49)51-9)35(47)43-33(23(5)6)37-41-19-29(53-37)27-15-11-25(12-16-27)26-13-17-28(18-14-26)30-20-42-38(54-30)34(24(7)8)44-36(48)32(22(3)4)46-40(50)52-10/h11-24,31-34H,1-10H3,(H,43,47)(H,44,48)(H,45,49)(H,46,50)/t31-,32?,33?,34?/m1/s1. The predicted octanol–water partition coefficient (Wildman–Crippen LogP) is 7.05. The maximum Gasteiger partial charge on any atom is 0.407 e. The molecule has 4 atom stereocenters. The number of aromatic nitrogens is 2. The van der Waals surface area contributed by atoms with E-state index in [9.17, 15) is 19.2 Å². The molecule has 0 aliphatic carbocycles. The highest BCUT2D eigenvalue weighted by Crippen LogP contribution is 2.31. The fourth-order valence-electron chi connectivity index (χ4n) is 5.74. The Morgan fingerprint density at radius 3 is 1.09 bits per heavy atom. The molecule has 0 saturated heterocycles. The molecular weight excluding hydrogens is 692 g/mol. The third-order valence-electron chi connectivity index (χ3n) is 9.00. The topological polar surface area (TPSA) is 187 Å². The van der Waals surface area contributed by atoms with Crippen LogP contribution in [0.5, 0.6) is 0 Å². The van der Waals surface area contributed by atoms with Crippen molar-refractivity contribution in [3.05, 3.63) is 72.7 Å². The minimum Gasteiger partial charge on any atom is -0.453 e. The molecule has 290 valence electrons. The van der Waals surface area contributed by atoms with Crippen molar-refractivity contribution in [3.63, 3.8) is 0 Å². The molecule has 0 aliphatic heterocycles. The minimum atomic E-state index is -0.790. The Morgan fingerprint density at radius 1 is 0.500 bits per heavy atom. The zero-order valence-corrected chi connectivity index (χ0v) is 32.6. The first-order chi connectivity index (χ1) is 25.6. The van der Waals surface area contributed by atoms with Gasteiger partial charge in [0.25, 0.3) is 0 Å². The van der Waals surface area contributed by atoms with E-state index in [1.165, 1.54) is 14.2 Å². The van der Waals surface area contributed by atoms with Crippen LogP contribution >= 0.6 is 0 Å². The predicted molar refractivity (Wildman–Crippen MR) is 203 cm³/mol. The van der Waals surface area contributed by atoms with Gasteiger partial charge in [0.1, 0.15) is 24.2 Å². The molecule has 0 spiro atoms. The van der Waals surface area contributed by atoms with Gasteiger partial charge in [0.05, 0.1) is 26.6 Å². The van der Waals surface area contributed by atoms with Crippen molar-refractivity contribution in [3.8, 4) is 33.8 Å². The Morgan fingerprint density at radius 2 is 0.815 bits per heavy atom. The van der Waals surface area contributed by atoms with Crippen LogP contribution in [0, 0.1) is 23.7 Å². The van der Waals surface area contributed by atoms with E-state index in [4.69, 9.17) is 8.83 Å². The van der Waals surface area contributed by atoms with Gasteiger partial charge in [-0.25, -0.2) is 19.6 Å². The summed E-state index contributed by atoms with van der Waals surface area (Å²) in [6.07, 6.45) is 1.91. The van der Waals surface area contributed by atoms with Crippen LogP contribution in [0.4, 0.5) is 9.59 Å². The molecule has 14 heteroatoms. The summed E-state index contributed by atoms with van der Waals surface area (Å²) in [6, 6.07) is 13.1. The summed E-state index contributed by atoms with van der Waals surface area (Å²) < 4.78 is 21.7. The number of nitrogens with zero attached hydrogens (tertiary/aromatic N) is 2. The van der Waals surface area contributed by atoms with E-state index in [1.807, 2.05) is 104 Å². The first-order valence-corrected chi connectivity index (χ1v) is 18.1. The molecule has 54 heavy (non-hydrogen) atoms. The largest absolute Gasteiger partial charge is 0.453 e. The van der Waals surface area contributed by atoms with Gasteiger partial charge in [0, 0.05) is 11.1 Å². The lowest BCUT2D eigenvalue weighted by atomic mass is 10.0. The summed E-state index contributed by atoms with van der Waals surface area (Å²) in [4.78, 5) is 58.9. The fraction of sp³-hybridized carbons (Fsp3) is 0.450. The lowest BCUT2D eigenvalue weighted by Gasteiger charge is -2.25. The number of benzene rings is 2. The molecule has 4 N–H and O–H groups in total. The molecule has 0 radical (unpaired) electrons. The average Bonchev–Trinajstić information content (AvgIpc) is 3.84. The van der Waals surface area contributed by atoms with Crippen molar-refractivity contribution < 1.29 is 37.5 Å². The van der Waals surface area contributed by atoms with Crippen molar-refractivity contribution in [1.29, 1.82) is 0 Å². The smallest absolute Gasteiger partial charge is 0.407 e. The number of methoxy groups -OCH3 is 2. The summed E-state index contributed by atoms with van der Waals surface area (Å²) in [7, 11) is 2.50. The van der Waals surface area contributed by atoms with Crippen LogP contribution in [0.25, 0.3) is 33.8 Å².